The Bertz CT molecular complexity index is 3170. The van der Waals surface area contributed by atoms with Crippen molar-refractivity contribution in [1.82, 2.24) is 0 Å². The van der Waals surface area contributed by atoms with E-state index in [9.17, 15) is 0 Å². The number of hydrogen-bond donors (Lipinski definition) is 0. The summed E-state index contributed by atoms with van der Waals surface area (Å²) in [4.78, 5) is 0. The quantitative estimate of drug-likeness (QED) is 0.161. The van der Waals surface area contributed by atoms with Crippen molar-refractivity contribution in [3.05, 3.63) is 205 Å². The van der Waals surface area contributed by atoms with E-state index in [0.717, 1.165) is 0 Å². The third-order valence-electron chi connectivity index (χ3n) is 12.3. The van der Waals surface area contributed by atoms with E-state index in [1.165, 1.54) is 110 Å². The minimum absolute atomic E-state index is 0.0690. The SMILES string of the molecule is CC1(C)c2ccccc2-c2ccc(-c3ccc4c(-c5cccc6ccccc56)c5ccccc5c(-c5ccccc5-c5ccc6ccccc6c5)c4c3)cc21. The highest BCUT2D eigenvalue weighted by Gasteiger charge is 2.35. The molecule has 0 atom stereocenters. The molecule has 0 heteroatoms. The van der Waals surface area contributed by atoms with Gasteiger partial charge < -0.3 is 0 Å². The topological polar surface area (TPSA) is 0 Å². The van der Waals surface area contributed by atoms with Crippen LogP contribution in [0, 0.1) is 0 Å². The average Bonchev–Trinajstić information content (AvgIpc) is 3.47. The van der Waals surface area contributed by atoms with Gasteiger partial charge in [-0.25, -0.2) is 0 Å². The van der Waals surface area contributed by atoms with Crippen molar-refractivity contribution in [2.24, 2.45) is 0 Å². The fourth-order valence-electron chi connectivity index (χ4n) is 9.58. The summed E-state index contributed by atoms with van der Waals surface area (Å²) in [5, 5.41) is 10.1. The van der Waals surface area contributed by atoms with Crippen molar-refractivity contribution in [3.8, 4) is 55.6 Å². The van der Waals surface area contributed by atoms with Gasteiger partial charge in [-0.3, -0.25) is 0 Å². The molecule has 0 aromatic heterocycles. The summed E-state index contributed by atoms with van der Waals surface area (Å²) in [5.74, 6) is 0. The van der Waals surface area contributed by atoms with Crippen LogP contribution in [0.25, 0.3) is 98.7 Å². The molecule has 0 amide bonds. The smallest absolute Gasteiger partial charge is 0.0159 e. The maximum Gasteiger partial charge on any atom is 0.0159 e. The lowest BCUT2D eigenvalue weighted by molar-refractivity contribution is 0.660. The standard InChI is InChI=1S/C55H38/c1-55(2)51-25-12-11-20-43(51)44-30-28-39(34-52(44)55)38-29-31-49-50(33-38)54(45-21-8-7-19-42(45)40-27-26-35-14-3-4-16-37(35)32-40)48-23-10-9-22-47(48)53(49)46-24-13-17-36-15-5-6-18-41(36)46/h3-34H,1-2H3. The van der Waals surface area contributed by atoms with Crippen molar-refractivity contribution in [3.63, 3.8) is 0 Å². The zero-order chi connectivity index (χ0) is 36.7. The van der Waals surface area contributed by atoms with Crippen LogP contribution in [0.1, 0.15) is 25.0 Å². The second-order valence-corrected chi connectivity index (χ2v) is 15.6. The lowest BCUT2D eigenvalue weighted by Gasteiger charge is -2.23. The fourth-order valence-corrected chi connectivity index (χ4v) is 9.58. The molecule has 0 aliphatic heterocycles. The van der Waals surface area contributed by atoms with Gasteiger partial charge in [-0.1, -0.05) is 190 Å². The molecule has 0 spiro atoms. The highest BCUT2D eigenvalue weighted by molar-refractivity contribution is 6.25. The van der Waals surface area contributed by atoms with Gasteiger partial charge in [0.05, 0.1) is 0 Å². The maximum absolute atomic E-state index is 2.47. The molecule has 0 radical (unpaired) electrons. The van der Waals surface area contributed by atoms with E-state index in [1.807, 2.05) is 0 Å². The van der Waals surface area contributed by atoms with Crippen molar-refractivity contribution < 1.29 is 0 Å². The van der Waals surface area contributed by atoms with Crippen LogP contribution in [0.5, 0.6) is 0 Å². The summed E-state index contributed by atoms with van der Waals surface area (Å²) in [5.41, 5.74) is 15.4. The number of hydrogen-bond acceptors (Lipinski definition) is 0. The van der Waals surface area contributed by atoms with E-state index in [-0.39, 0.29) is 5.41 Å². The first-order valence-corrected chi connectivity index (χ1v) is 19.3. The van der Waals surface area contributed by atoms with Gasteiger partial charge in [-0.15, -0.1) is 0 Å². The molecule has 0 bridgehead atoms. The summed E-state index contributed by atoms with van der Waals surface area (Å²) in [6.45, 7) is 4.73. The van der Waals surface area contributed by atoms with E-state index in [2.05, 4.69) is 208 Å². The van der Waals surface area contributed by atoms with Gasteiger partial charge in [0.15, 0.2) is 0 Å². The number of rotatable bonds is 4. The van der Waals surface area contributed by atoms with Crippen molar-refractivity contribution in [1.29, 1.82) is 0 Å². The Morgan fingerprint density at radius 1 is 0.273 bits per heavy atom. The minimum Gasteiger partial charge on any atom is -0.0619 e. The lowest BCUT2D eigenvalue weighted by Crippen LogP contribution is -2.14. The van der Waals surface area contributed by atoms with Crippen molar-refractivity contribution in [2.45, 2.75) is 19.3 Å². The van der Waals surface area contributed by atoms with Gasteiger partial charge in [0.2, 0.25) is 0 Å². The van der Waals surface area contributed by atoms with Crippen LogP contribution in [0.4, 0.5) is 0 Å². The van der Waals surface area contributed by atoms with Crippen LogP contribution in [0.15, 0.2) is 194 Å². The lowest BCUT2D eigenvalue weighted by atomic mass is 9.80. The van der Waals surface area contributed by atoms with Crippen LogP contribution in [0.2, 0.25) is 0 Å². The minimum atomic E-state index is -0.0690. The molecule has 0 nitrogen and oxygen atoms in total. The molecule has 1 aliphatic carbocycles. The van der Waals surface area contributed by atoms with Crippen LogP contribution in [0.3, 0.4) is 0 Å². The summed E-state index contributed by atoms with van der Waals surface area (Å²) in [7, 11) is 0. The normalized spacial score (nSPS) is 13.1. The van der Waals surface area contributed by atoms with Gasteiger partial charge in [0, 0.05) is 5.41 Å². The molecule has 0 heterocycles. The second-order valence-electron chi connectivity index (χ2n) is 15.6. The Labute approximate surface area is 322 Å². The fraction of sp³-hybridized carbons (Fsp3) is 0.0545. The van der Waals surface area contributed by atoms with Crippen molar-refractivity contribution >= 4 is 43.1 Å². The predicted octanol–water partition coefficient (Wildman–Crippen LogP) is 15.3. The molecule has 55 heavy (non-hydrogen) atoms. The number of fused-ring (bicyclic) bond motifs is 7. The number of benzene rings is 10. The van der Waals surface area contributed by atoms with E-state index < -0.39 is 0 Å². The molecule has 0 unspecified atom stereocenters. The van der Waals surface area contributed by atoms with E-state index in [0.29, 0.717) is 0 Å². The summed E-state index contributed by atoms with van der Waals surface area (Å²) in [6.07, 6.45) is 0. The highest BCUT2D eigenvalue weighted by atomic mass is 14.4. The van der Waals surface area contributed by atoms with Crippen LogP contribution in [-0.4, -0.2) is 0 Å². The zero-order valence-corrected chi connectivity index (χ0v) is 31.0. The predicted molar refractivity (Wildman–Crippen MR) is 236 cm³/mol. The summed E-state index contributed by atoms with van der Waals surface area (Å²) < 4.78 is 0. The molecule has 1 aliphatic rings. The van der Waals surface area contributed by atoms with Gasteiger partial charge in [-0.2, -0.15) is 0 Å². The van der Waals surface area contributed by atoms with E-state index >= 15 is 0 Å². The van der Waals surface area contributed by atoms with Gasteiger partial charge in [0.1, 0.15) is 0 Å². The maximum atomic E-state index is 2.47. The summed E-state index contributed by atoms with van der Waals surface area (Å²) in [6, 6.07) is 72.4. The molecule has 258 valence electrons. The molecule has 11 rings (SSSR count). The molecule has 10 aromatic rings. The molecule has 0 saturated carbocycles. The van der Waals surface area contributed by atoms with Crippen LogP contribution >= 0.6 is 0 Å². The molecule has 0 fully saturated rings. The third-order valence-corrected chi connectivity index (χ3v) is 12.3. The van der Waals surface area contributed by atoms with Gasteiger partial charge in [0.25, 0.3) is 0 Å². The van der Waals surface area contributed by atoms with Crippen LogP contribution < -0.4 is 0 Å². The molecule has 10 aromatic carbocycles. The van der Waals surface area contributed by atoms with Gasteiger partial charge in [-0.05, 0) is 128 Å². The Balaban J connectivity index is 1.23. The Morgan fingerprint density at radius 3 is 1.62 bits per heavy atom. The monoisotopic (exact) mass is 698 g/mol. The Hall–Kier alpha value is -6.76. The molecular formula is C55H38. The highest BCUT2D eigenvalue weighted by Crippen LogP contribution is 2.51. The molecule has 0 saturated heterocycles. The zero-order valence-electron chi connectivity index (χ0n) is 31.0. The second kappa shape index (κ2) is 12.1. The van der Waals surface area contributed by atoms with Crippen molar-refractivity contribution in [2.75, 3.05) is 0 Å². The third kappa shape index (κ3) is 4.85. The van der Waals surface area contributed by atoms with Gasteiger partial charge >= 0.3 is 0 Å². The Kier molecular flexibility index (Phi) is 7.00. The summed E-state index contributed by atoms with van der Waals surface area (Å²) >= 11 is 0. The molecule has 0 N–H and O–H groups in total. The van der Waals surface area contributed by atoms with E-state index in [4.69, 9.17) is 0 Å². The Morgan fingerprint density at radius 2 is 0.800 bits per heavy atom. The largest absolute Gasteiger partial charge is 0.0619 e. The molecular weight excluding hydrogens is 661 g/mol. The van der Waals surface area contributed by atoms with E-state index in [1.54, 1.807) is 0 Å². The van der Waals surface area contributed by atoms with Crippen LogP contribution in [-0.2, 0) is 5.41 Å². The first-order valence-electron chi connectivity index (χ1n) is 19.3. The first-order chi connectivity index (χ1) is 27.0. The first kappa shape index (κ1) is 31.7. The average molecular weight is 699 g/mol.